The van der Waals surface area contributed by atoms with Crippen molar-refractivity contribution in [1.82, 2.24) is 9.62 Å². The quantitative estimate of drug-likeness (QED) is 0.633. The number of nitrogens with one attached hydrogen (secondary N) is 1. The molecule has 3 rings (SSSR count). The minimum atomic E-state index is -3.42. The van der Waals surface area contributed by atoms with Gasteiger partial charge in [-0.3, -0.25) is 4.79 Å². The number of piperidine rings is 1. The van der Waals surface area contributed by atoms with Gasteiger partial charge in [-0.15, -0.1) is 0 Å². The minimum Gasteiger partial charge on any atom is -0.349 e. The Morgan fingerprint density at radius 2 is 1.62 bits per heavy atom. The largest absolute Gasteiger partial charge is 0.349 e. The maximum Gasteiger partial charge on any atom is 0.223 e. The van der Waals surface area contributed by atoms with E-state index < -0.39 is 10.0 Å². The van der Waals surface area contributed by atoms with Crippen molar-refractivity contribution >= 4 is 27.5 Å². The normalized spacial score (nSPS) is 17.2. The van der Waals surface area contributed by atoms with Crippen molar-refractivity contribution in [1.29, 1.82) is 0 Å². The Balaban J connectivity index is 1.53. The second-order valence-electron chi connectivity index (χ2n) is 9.66. The molecule has 0 bridgehead atoms. The lowest BCUT2D eigenvalue weighted by Gasteiger charge is -2.31. The zero-order chi connectivity index (χ0) is 23.5. The number of sulfonamides is 1. The highest BCUT2D eigenvalue weighted by Gasteiger charge is 2.31. The Hall–Kier alpha value is -1.89. The predicted octanol–water partition coefficient (Wildman–Crippen LogP) is 5.06. The molecular formula is C25H33ClN2O3S. The molecule has 174 valence electrons. The fourth-order valence-electron chi connectivity index (χ4n) is 3.97. The number of nitrogens with zero attached hydrogens (tertiary/aromatic N) is 1. The number of amides is 1. The van der Waals surface area contributed by atoms with E-state index in [1.807, 2.05) is 6.92 Å². The fourth-order valence-corrected chi connectivity index (χ4v) is 5.65. The predicted molar refractivity (Wildman–Crippen MR) is 130 cm³/mol. The highest BCUT2D eigenvalue weighted by Crippen LogP contribution is 2.26. The van der Waals surface area contributed by atoms with Gasteiger partial charge in [0.1, 0.15) is 0 Å². The Labute approximate surface area is 197 Å². The second-order valence-corrected chi connectivity index (χ2v) is 12.1. The summed E-state index contributed by atoms with van der Waals surface area (Å²) in [5.41, 5.74) is 3.12. The van der Waals surface area contributed by atoms with Crippen molar-refractivity contribution in [3.05, 3.63) is 70.2 Å². The van der Waals surface area contributed by atoms with Crippen molar-refractivity contribution in [2.45, 2.75) is 57.7 Å². The summed E-state index contributed by atoms with van der Waals surface area (Å²) in [6, 6.07) is 15.1. The highest BCUT2D eigenvalue weighted by atomic mass is 35.5. The molecule has 2 aromatic rings. The van der Waals surface area contributed by atoms with Crippen LogP contribution in [-0.4, -0.2) is 31.7 Å². The molecule has 1 fully saturated rings. The lowest BCUT2D eigenvalue weighted by Crippen LogP contribution is -2.43. The monoisotopic (exact) mass is 476 g/mol. The molecule has 7 heteroatoms. The van der Waals surface area contributed by atoms with Crippen LogP contribution in [0.4, 0.5) is 0 Å². The molecule has 1 N–H and O–H groups in total. The Kier molecular flexibility index (Phi) is 7.69. The van der Waals surface area contributed by atoms with Crippen molar-refractivity contribution in [3.8, 4) is 0 Å². The molecule has 1 heterocycles. The molecule has 0 saturated carbocycles. The third-order valence-corrected chi connectivity index (χ3v) is 8.22. The lowest BCUT2D eigenvalue weighted by atomic mass is 9.86. The van der Waals surface area contributed by atoms with E-state index in [1.54, 1.807) is 24.3 Å². The fraction of sp³-hybridized carbons (Fsp3) is 0.480. The summed E-state index contributed by atoms with van der Waals surface area (Å²) in [7, 11) is -3.42. The summed E-state index contributed by atoms with van der Waals surface area (Å²) in [5.74, 6) is -0.233. The molecule has 5 nitrogen and oxygen atoms in total. The number of hydrogen-bond donors (Lipinski definition) is 1. The lowest BCUT2D eigenvalue weighted by molar-refractivity contribution is -0.126. The summed E-state index contributed by atoms with van der Waals surface area (Å²) >= 11 is 5.88. The molecular weight excluding hydrogens is 444 g/mol. The first kappa shape index (κ1) is 24.7. The smallest absolute Gasteiger partial charge is 0.223 e. The summed E-state index contributed by atoms with van der Waals surface area (Å²) in [5, 5.41) is 3.68. The van der Waals surface area contributed by atoms with Gasteiger partial charge in [-0.25, -0.2) is 12.7 Å². The van der Waals surface area contributed by atoms with E-state index in [-0.39, 0.29) is 29.0 Å². The molecule has 0 aliphatic carbocycles. The van der Waals surface area contributed by atoms with Gasteiger partial charge in [-0.2, -0.15) is 0 Å². The van der Waals surface area contributed by atoms with Gasteiger partial charge in [-0.1, -0.05) is 68.8 Å². The summed E-state index contributed by atoms with van der Waals surface area (Å²) < 4.78 is 27.0. The molecule has 1 aliphatic heterocycles. The van der Waals surface area contributed by atoms with Crippen LogP contribution in [-0.2, 0) is 26.0 Å². The Morgan fingerprint density at radius 3 is 2.16 bits per heavy atom. The van der Waals surface area contributed by atoms with Crippen LogP contribution in [0.25, 0.3) is 0 Å². The molecule has 1 saturated heterocycles. The van der Waals surface area contributed by atoms with Gasteiger partial charge in [0.05, 0.1) is 11.8 Å². The molecule has 1 unspecified atom stereocenters. The van der Waals surface area contributed by atoms with Crippen LogP contribution in [0.1, 0.15) is 63.3 Å². The van der Waals surface area contributed by atoms with Gasteiger partial charge in [0.25, 0.3) is 0 Å². The molecule has 0 aromatic heterocycles. The molecule has 2 aromatic carbocycles. The first-order chi connectivity index (χ1) is 15.0. The number of carbonyl (C=O) groups excluding carboxylic acids is 1. The number of hydrogen-bond acceptors (Lipinski definition) is 3. The maximum atomic E-state index is 12.8. The zero-order valence-electron chi connectivity index (χ0n) is 19.3. The van der Waals surface area contributed by atoms with Crippen molar-refractivity contribution in [3.63, 3.8) is 0 Å². The molecule has 1 amide bonds. The van der Waals surface area contributed by atoms with Gasteiger partial charge in [0.15, 0.2) is 0 Å². The van der Waals surface area contributed by atoms with Crippen molar-refractivity contribution in [2.75, 3.05) is 13.1 Å². The number of carbonyl (C=O) groups is 1. The minimum absolute atomic E-state index is 0.00727. The average Bonchev–Trinajstić information content (AvgIpc) is 2.75. The van der Waals surface area contributed by atoms with Crippen LogP contribution >= 0.6 is 11.6 Å². The highest BCUT2D eigenvalue weighted by molar-refractivity contribution is 7.88. The Morgan fingerprint density at radius 1 is 1.06 bits per heavy atom. The summed E-state index contributed by atoms with van der Waals surface area (Å²) in [4.78, 5) is 12.8. The standard InChI is InChI=1S/C25H33ClN2O3S/c1-18(20-7-9-22(10-8-20)25(2,3)4)27-24(29)21-13-15-28(16-14-21)32(30,31)17-19-5-11-23(26)12-6-19/h5-12,18,21H,13-17H2,1-4H3,(H,27,29). The van der Waals surface area contributed by atoms with Crippen LogP contribution in [0, 0.1) is 5.92 Å². The van der Waals surface area contributed by atoms with Crippen LogP contribution < -0.4 is 5.32 Å². The molecule has 32 heavy (non-hydrogen) atoms. The zero-order valence-corrected chi connectivity index (χ0v) is 20.8. The van der Waals surface area contributed by atoms with Crippen LogP contribution in [0.5, 0.6) is 0 Å². The van der Waals surface area contributed by atoms with Gasteiger partial charge < -0.3 is 5.32 Å². The van der Waals surface area contributed by atoms with Crippen LogP contribution in [0.15, 0.2) is 48.5 Å². The van der Waals surface area contributed by atoms with E-state index >= 15 is 0 Å². The number of halogens is 1. The molecule has 0 radical (unpaired) electrons. The van der Waals surface area contributed by atoms with Gasteiger partial charge >= 0.3 is 0 Å². The third kappa shape index (κ3) is 6.33. The van der Waals surface area contributed by atoms with E-state index in [1.165, 1.54) is 9.87 Å². The van der Waals surface area contributed by atoms with Crippen molar-refractivity contribution in [2.24, 2.45) is 5.92 Å². The van der Waals surface area contributed by atoms with Gasteiger partial charge in [0, 0.05) is 24.0 Å². The average molecular weight is 477 g/mol. The van der Waals surface area contributed by atoms with E-state index in [0.717, 1.165) is 5.56 Å². The summed E-state index contributed by atoms with van der Waals surface area (Å²) in [6.45, 7) is 9.24. The van der Waals surface area contributed by atoms with E-state index in [0.29, 0.717) is 36.5 Å². The SMILES string of the molecule is CC(NC(=O)C1CCN(S(=O)(=O)Cc2ccc(Cl)cc2)CC1)c1ccc(C(C)(C)C)cc1. The van der Waals surface area contributed by atoms with E-state index in [9.17, 15) is 13.2 Å². The third-order valence-electron chi connectivity index (χ3n) is 6.12. The number of rotatable bonds is 6. The second kappa shape index (κ2) is 9.94. The van der Waals surface area contributed by atoms with Crippen LogP contribution in [0.3, 0.4) is 0 Å². The first-order valence-electron chi connectivity index (χ1n) is 11.1. The maximum absolute atomic E-state index is 12.8. The molecule has 1 atom stereocenters. The van der Waals surface area contributed by atoms with Gasteiger partial charge in [0.2, 0.25) is 15.9 Å². The topological polar surface area (TPSA) is 66.5 Å². The Bertz CT molecular complexity index is 1020. The van der Waals surface area contributed by atoms with Gasteiger partial charge in [-0.05, 0) is 54.0 Å². The number of benzene rings is 2. The molecule has 1 aliphatic rings. The van der Waals surface area contributed by atoms with Crippen molar-refractivity contribution < 1.29 is 13.2 Å². The van der Waals surface area contributed by atoms with E-state index in [2.05, 4.69) is 50.4 Å². The molecule has 0 spiro atoms. The van der Waals surface area contributed by atoms with Crippen LogP contribution in [0.2, 0.25) is 5.02 Å². The summed E-state index contributed by atoms with van der Waals surface area (Å²) in [6.07, 6.45) is 1.06. The van der Waals surface area contributed by atoms with E-state index in [4.69, 9.17) is 11.6 Å². The first-order valence-corrected chi connectivity index (χ1v) is 13.1.